The maximum Gasteiger partial charge on any atom is 0.253 e. The van der Waals surface area contributed by atoms with E-state index >= 15 is 0 Å². The molecule has 4 rings (SSSR count). The van der Waals surface area contributed by atoms with E-state index in [0.29, 0.717) is 37.3 Å². The molecular weight excluding hydrogens is 562 g/mol. The summed E-state index contributed by atoms with van der Waals surface area (Å²) in [5.41, 5.74) is 3.40. The molecule has 10 heteroatoms. The van der Waals surface area contributed by atoms with Crippen molar-refractivity contribution in [1.82, 2.24) is 19.9 Å². The quantitative estimate of drug-likeness (QED) is 0.218. The minimum atomic E-state index is -0.464. The zero-order chi connectivity index (χ0) is 32.0. The molecule has 2 N–H and O–H groups in total. The Kier molecular flexibility index (Phi) is 15.0. The molecule has 238 valence electrons. The van der Waals surface area contributed by atoms with E-state index in [2.05, 4.69) is 62.1 Å². The largest absolute Gasteiger partial charge is 0.376 e. The molecule has 1 saturated heterocycles. The van der Waals surface area contributed by atoms with E-state index in [1.54, 1.807) is 30.5 Å². The second-order valence-corrected chi connectivity index (χ2v) is 12.4. The molecule has 1 aliphatic rings. The zero-order valence-electron chi connectivity index (χ0n) is 27.3. The van der Waals surface area contributed by atoms with Crippen molar-refractivity contribution in [3.63, 3.8) is 0 Å². The molecule has 0 radical (unpaired) electrons. The second-order valence-electron chi connectivity index (χ2n) is 11.6. The van der Waals surface area contributed by atoms with Gasteiger partial charge in [0, 0.05) is 30.5 Å². The Bertz CT molecular complexity index is 1240. The molecule has 4 atom stereocenters. The van der Waals surface area contributed by atoms with Crippen LogP contribution in [0.4, 0.5) is 5.13 Å². The maximum atomic E-state index is 11.7. The third kappa shape index (κ3) is 11.8. The maximum absolute atomic E-state index is 11.7. The third-order valence-corrected chi connectivity index (χ3v) is 8.17. The van der Waals surface area contributed by atoms with Gasteiger partial charge in [0.15, 0.2) is 5.13 Å². The van der Waals surface area contributed by atoms with Crippen molar-refractivity contribution < 1.29 is 19.1 Å². The highest BCUT2D eigenvalue weighted by Gasteiger charge is 2.35. The second kappa shape index (κ2) is 17.9. The predicted molar refractivity (Wildman–Crippen MR) is 176 cm³/mol. The summed E-state index contributed by atoms with van der Waals surface area (Å²) >= 11 is 1.59. The SMILES string of the molecule is CC(C=O)NC(=O)c1ccn(C2(C)COC2)c1.CCC(C)CC(C)OC(C)CC.CNc1nc(-c2cccc(C)n2)cs1. The summed E-state index contributed by atoms with van der Waals surface area (Å²) in [5.74, 6) is 0.566. The van der Waals surface area contributed by atoms with Crippen LogP contribution in [0.2, 0.25) is 0 Å². The van der Waals surface area contributed by atoms with Crippen molar-refractivity contribution in [3.05, 3.63) is 53.3 Å². The first-order valence-electron chi connectivity index (χ1n) is 15.2. The number of nitrogens with zero attached hydrogens (tertiary/aromatic N) is 3. The summed E-state index contributed by atoms with van der Waals surface area (Å²) in [6.07, 6.45) is 8.77. The summed E-state index contributed by atoms with van der Waals surface area (Å²) in [5, 5.41) is 8.53. The number of hydrogen-bond acceptors (Lipinski definition) is 8. The van der Waals surface area contributed by atoms with Gasteiger partial charge in [-0.15, -0.1) is 11.3 Å². The molecule has 0 spiro atoms. The van der Waals surface area contributed by atoms with E-state index in [4.69, 9.17) is 9.47 Å². The normalized spacial score (nSPS) is 16.1. The Balaban J connectivity index is 0.000000229. The molecule has 0 saturated carbocycles. The van der Waals surface area contributed by atoms with Crippen LogP contribution < -0.4 is 10.6 Å². The molecule has 1 aliphatic heterocycles. The van der Waals surface area contributed by atoms with Gasteiger partial charge in [0.2, 0.25) is 0 Å². The fourth-order valence-corrected chi connectivity index (χ4v) is 4.88. The van der Waals surface area contributed by atoms with Gasteiger partial charge in [-0.05, 0) is 71.6 Å². The molecule has 0 bridgehead atoms. The number of rotatable bonds is 12. The molecule has 0 aromatic carbocycles. The predicted octanol–water partition coefficient (Wildman–Crippen LogP) is 6.73. The van der Waals surface area contributed by atoms with Crippen LogP contribution in [0.15, 0.2) is 42.0 Å². The molecule has 0 aliphatic carbocycles. The van der Waals surface area contributed by atoms with Gasteiger partial charge in [0.05, 0.1) is 48.3 Å². The summed E-state index contributed by atoms with van der Waals surface area (Å²) < 4.78 is 12.9. The first-order valence-corrected chi connectivity index (χ1v) is 16.1. The van der Waals surface area contributed by atoms with Crippen molar-refractivity contribution in [2.45, 2.75) is 98.4 Å². The van der Waals surface area contributed by atoms with Gasteiger partial charge in [0.1, 0.15) is 12.0 Å². The van der Waals surface area contributed by atoms with Crippen LogP contribution in [0.25, 0.3) is 11.4 Å². The number of nitrogens with one attached hydrogen (secondary N) is 2. The van der Waals surface area contributed by atoms with E-state index in [1.807, 2.05) is 48.3 Å². The first kappa shape index (κ1) is 36.1. The van der Waals surface area contributed by atoms with Crippen LogP contribution in [-0.2, 0) is 19.8 Å². The molecule has 43 heavy (non-hydrogen) atoms. The number of carbonyl (C=O) groups excluding carboxylic acids is 2. The zero-order valence-corrected chi connectivity index (χ0v) is 28.2. The van der Waals surface area contributed by atoms with Gasteiger partial charge in [-0.2, -0.15) is 0 Å². The van der Waals surface area contributed by atoms with Gasteiger partial charge in [-0.3, -0.25) is 9.78 Å². The lowest BCUT2D eigenvalue weighted by Crippen LogP contribution is -2.48. The first-order chi connectivity index (χ1) is 20.4. The van der Waals surface area contributed by atoms with E-state index in [0.717, 1.165) is 34.6 Å². The van der Waals surface area contributed by atoms with Gasteiger partial charge in [-0.25, -0.2) is 4.98 Å². The Morgan fingerprint density at radius 3 is 2.37 bits per heavy atom. The smallest absolute Gasteiger partial charge is 0.253 e. The lowest BCUT2D eigenvalue weighted by Gasteiger charge is -2.39. The fourth-order valence-electron chi connectivity index (χ4n) is 4.21. The number of amides is 1. The Hall–Kier alpha value is -3.08. The highest BCUT2D eigenvalue weighted by atomic mass is 32.1. The highest BCUT2D eigenvalue weighted by molar-refractivity contribution is 7.14. The minimum absolute atomic E-state index is 0.0468. The van der Waals surface area contributed by atoms with Crippen molar-refractivity contribution >= 4 is 28.7 Å². The molecular formula is C33H51N5O4S. The Morgan fingerprint density at radius 2 is 1.84 bits per heavy atom. The van der Waals surface area contributed by atoms with E-state index in [-0.39, 0.29) is 11.4 Å². The number of ether oxygens (including phenoxy) is 2. The van der Waals surface area contributed by atoms with Crippen LogP contribution >= 0.6 is 11.3 Å². The lowest BCUT2D eigenvalue weighted by atomic mass is 10.0. The topological polar surface area (TPSA) is 107 Å². The molecule has 4 unspecified atom stereocenters. The molecule has 4 heterocycles. The average molecular weight is 614 g/mol. The van der Waals surface area contributed by atoms with Crippen LogP contribution in [0, 0.1) is 12.8 Å². The number of carbonyl (C=O) groups is 2. The molecule has 9 nitrogen and oxygen atoms in total. The lowest BCUT2D eigenvalue weighted by molar-refractivity contribution is -0.109. The molecule has 1 amide bonds. The number of hydrogen-bond donors (Lipinski definition) is 2. The van der Waals surface area contributed by atoms with Gasteiger partial charge in [0.25, 0.3) is 5.91 Å². The van der Waals surface area contributed by atoms with E-state index < -0.39 is 6.04 Å². The highest BCUT2D eigenvalue weighted by Crippen LogP contribution is 2.26. The summed E-state index contributed by atoms with van der Waals surface area (Å²) in [7, 11) is 1.87. The summed E-state index contributed by atoms with van der Waals surface area (Å²) in [6, 6.07) is 7.23. The van der Waals surface area contributed by atoms with E-state index in [1.165, 1.54) is 12.8 Å². The van der Waals surface area contributed by atoms with Crippen LogP contribution in [0.1, 0.15) is 83.8 Å². The van der Waals surface area contributed by atoms with Gasteiger partial charge < -0.3 is 29.5 Å². The average Bonchev–Trinajstić information content (AvgIpc) is 3.67. The fraction of sp³-hybridized carbons (Fsp3) is 0.576. The van der Waals surface area contributed by atoms with E-state index in [9.17, 15) is 9.59 Å². The molecule has 1 fully saturated rings. The van der Waals surface area contributed by atoms with Crippen molar-refractivity contribution in [3.8, 4) is 11.4 Å². The van der Waals surface area contributed by atoms with Gasteiger partial charge in [-0.1, -0.05) is 33.3 Å². The van der Waals surface area contributed by atoms with Crippen molar-refractivity contribution in [2.75, 3.05) is 25.6 Å². The number of pyridine rings is 1. The molecule has 3 aromatic rings. The third-order valence-electron chi connectivity index (χ3n) is 7.31. The number of anilines is 1. The summed E-state index contributed by atoms with van der Waals surface area (Å²) in [6.45, 7) is 18.0. The number of thiazole rings is 1. The minimum Gasteiger partial charge on any atom is -0.376 e. The van der Waals surface area contributed by atoms with Crippen LogP contribution in [0.3, 0.4) is 0 Å². The number of aromatic nitrogens is 3. The number of aldehydes is 1. The standard InChI is InChI=1S/C12H16N2O3.C11H24O.C10H11N3S/c1-9(6-15)13-11(16)10-3-4-14(5-10)12(2)7-17-8-12;1-6-9(3)8-11(5)12-10(4)7-2;1-7-4-3-5-8(12-7)9-6-14-10(11-2)13-9/h3-6,9H,7-8H2,1-2H3,(H,13,16);9-11H,6-8H2,1-5H3;3-6H,1-2H3,(H,11,13). The van der Waals surface area contributed by atoms with Crippen LogP contribution in [-0.4, -0.2) is 65.2 Å². The summed E-state index contributed by atoms with van der Waals surface area (Å²) in [4.78, 5) is 31.0. The molecule has 3 aromatic heterocycles. The van der Waals surface area contributed by atoms with Crippen molar-refractivity contribution in [1.29, 1.82) is 0 Å². The monoisotopic (exact) mass is 613 g/mol. The Morgan fingerprint density at radius 1 is 1.12 bits per heavy atom. The Labute approximate surface area is 261 Å². The van der Waals surface area contributed by atoms with Crippen LogP contribution in [0.5, 0.6) is 0 Å². The number of aryl methyl sites for hydroxylation is 1. The van der Waals surface area contributed by atoms with Crippen molar-refractivity contribution in [2.24, 2.45) is 5.92 Å². The van der Waals surface area contributed by atoms with Gasteiger partial charge >= 0.3 is 0 Å².